The van der Waals surface area contributed by atoms with Crippen LogP contribution in [0.1, 0.15) is 272 Å². The lowest BCUT2D eigenvalue weighted by molar-refractivity contribution is -0.141. The lowest BCUT2D eigenvalue weighted by Crippen LogP contribution is -2.56. The summed E-state index contributed by atoms with van der Waals surface area (Å²) in [4.78, 5) is 136. The van der Waals surface area contributed by atoms with Gasteiger partial charge in [-0.1, -0.05) is 197 Å². The number of hydrogen-bond donors (Lipinski definition) is 7. The first-order chi connectivity index (χ1) is 69.5. The van der Waals surface area contributed by atoms with Crippen molar-refractivity contribution in [3.63, 3.8) is 0 Å². The van der Waals surface area contributed by atoms with Crippen LogP contribution in [-0.2, 0) is 44.9 Å². The molecule has 0 aliphatic carbocycles. The summed E-state index contributed by atoms with van der Waals surface area (Å²) in [6, 6.07) is 14.1. The van der Waals surface area contributed by atoms with E-state index < -0.39 is 0 Å². The largest absolute Gasteiger partial charge is 0.355 e. The van der Waals surface area contributed by atoms with E-state index in [4.69, 9.17) is 0 Å². The second-order valence-electron chi connectivity index (χ2n) is 49.5. The molecule has 4 aliphatic heterocycles. The smallest absolute Gasteiger partial charge is 0.240 e. The third-order valence-corrected chi connectivity index (χ3v) is 28.8. The zero-order valence-electron chi connectivity index (χ0n) is 107. The highest BCUT2D eigenvalue weighted by Gasteiger charge is 2.38. The van der Waals surface area contributed by atoms with Crippen molar-refractivity contribution in [3.8, 4) is 0 Å². The van der Waals surface area contributed by atoms with Gasteiger partial charge in [-0.15, -0.1) is 0 Å². The monoisotopic (exact) mass is 2130 g/mol. The quantitative estimate of drug-likeness (QED) is 0.0299. The number of nitrogens with one attached hydrogen (secondary N) is 7. The summed E-state index contributed by atoms with van der Waals surface area (Å²) in [6.07, 6.45) is 7.82. The normalized spacial score (nSPS) is 16.9. The maximum atomic E-state index is 12.9. The van der Waals surface area contributed by atoms with Gasteiger partial charge in [0, 0.05) is 186 Å². The molecule has 32 heteroatoms. The number of piperidine rings is 1. The number of benzene rings is 1. The number of hydrogen-bond acceptors (Lipinski definition) is 24. The standard InChI is InChI=1S/C19H31N3O.2C16H33N3O.C15H33N3O.C13H27N3O.3C13H29N3O/c1-15(2)18(20-16(3)4)19(23)22-12-10-21(11-13-22)14-17-8-6-5-7-9-17;1-12(2)15(18(6)13(3)4)16(20)19(7)14-8-10-17(5)11-9-14;1-12(2)15(19(6)13(3)4)16(20)17-10-9-14-8-7-11-18(14)5;1-12(2)14(18(8)13(3)4)15(19)17(7)11-9-10-16(5)6;1-10(2)12(14-11(3)4)13(17)16-8-6-15(5)7-9-16;1-10(2)12(14-11(3)4)13(17)16(7)9-8-15(5)6;1-10(2)12(16(7)11(3)4)13(17)14-8-9-15(5)6;1-10(2)12(15-11(3)4)13(17)14-8-7-9-16(5)6/h5-9,15-16,18,20H,10-14H2,1-4H3;12-15H,8-11H2,1-7H3;12-15H,7-11H2,1-6H3,(H,17,20);12-14H,9-11H2,1-8H3;10-12,14H,6-9H2,1-5H3;10-12,14H,8-9H2,1-7H3;10-12H,8-9H2,1-7H3,(H,14,17);10-12,15H,7-9H2,1-6H3,(H,14,17)/t18-;15-;14?,15-;14-;4*12-/m11111111/s1. The first-order valence-corrected chi connectivity index (χ1v) is 58.0. The molecule has 0 saturated carbocycles. The Labute approximate surface area is 923 Å². The van der Waals surface area contributed by atoms with Gasteiger partial charge in [0.2, 0.25) is 47.3 Å². The van der Waals surface area contributed by atoms with E-state index in [1.165, 1.54) is 24.9 Å². The molecule has 0 bridgehead atoms. The summed E-state index contributed by atoms with van der Waals surface area (Å²) >= 11 is 0. The Bertz CT molecular complexity index is 3640. The van der Waals surface area contributed by atoms with Crippen molar-refractivity contribution in [1.29, 1.82) is 0 Å². The van der Waals surface area contributed by atoms with Crippen LogP contribution in [0.5, 0.6) is 0 Å². The first-order valence-electron chi connectivity index (χ1n) is 58.0. The van der Waals surface area contributed by atoms with Gasteiger partial charge in [0.25, 0.3) is 0 Å². The second kappa shape index (κ2) is 80.2. The molecule has 0 radical (unpaired) electrons. The predicted molar refractivity (Wildman–Crippen MR) is 637 cm³/mol. The molecule has 32 nitrogen and oxygen atoms in total. The predicted octanol–water partition coefficient (Wildman–Crippen LogP) is 11.9. The average molecular weight is 2130 g/mol. The van der Waals surface area contributed by atoms with Crippen LogP contribution in [0.15, 0.2) is 30.3 Å². The van der Waals surface area contributed by atoms with E-state index in [0.29, 0.717) is 114 Å². The van der Waals surface area contributed by atoms with E-state index in [2.05, 4.69) is 384 Å². The molecular weight excluding hydrogens is 1880 g/mol. The van der Waals surface area contributed by atoms with Crippen LogP contribution in [0, 0.1) is 47.3 Å². The van der Waals surface area contributed by atoms with E-state index in [9.17, 15) is 38.4 Å². The van der Waals surface area contributed by atoms with Crippen molar-refractivity contribution in [2.24, 2.45) is 47.3 Å². The molecule has 8 amide bonds. The zero-order valence-corrected chi connectivity index (χ0v) is 107. The van der Waals surface area contributed by atoms with E-state index in [0.717, 1.165) is 156 Å². The lowest BCUT2D eigenvalue weighted by Gasteiger charge is -2.40. The van der Waals surface area contributed by atoms with Gasteiger partial charge < -0.3 is 96.0 Å². The highest BCUT2D eigenvalue weighted by Crippen LogP contribution is 2.24. The Morgan fingerprint density at radius 1 is 0.313 bits per heavy atom. The number of amides is 8. The highest BCUT2D eigenvalue weighted by molar-refractivity contribution is 5.85. The molecule has 9 atom stereocenters. The summed E-state index contributed by atoms with van der Waals surface area (Å²) in [5.74, 6) is 4.26. The Morgan fingerprint density at radius 2 is 0.653 bits per heavy atom. The molecule has 1 aromatic carbocycles. The zero-order chi connectivity index (χ0) is 116. The van der Waals surface area contributed by atoms with E-state index in [1.54, 1.807) is 0 Å². The van der Waals surface area contributed by atoms with Gasteiger partial charge in [-0.25, -0.2) is 0 Å². The fraction of sp³-hybridized carbons (Fsp3) is 0.881. The minimum atomic E-state index is -0.0886. The van der Waals surface area contributed by atoms with Crippen molar-refractivity contribution in [2.45, 2.75) is 382 Å². The first kappa shape index (κ1) is 148. The molecule has 7 N–H and O–H groups in total. The Kier molecular flexibility index (Phi) is 79.3. The summed E-state index contributed by atoms with van der Waals surface area (Å²) in [7, 11) is 36.6. The van der Waals surface area contributed by atoms with E-state index in [1.807, 2.05) is 115 Å². The molecule has 5 rings (SSSR count). The SMILES string of the molecule is CC(C)N[C@@H](C(=O)N(C)CCN(C)C)C(C)C.CC(C)N[C@@H](C(=O)N1CCN(C)CC1)C(C)C.CC(C)N[C@@H](C(=O)N1CCN(Cc2ccccc2)CC1)C(C)C.CC(C)N[C@@H](C(=O)NCCCN(C)C)C(C)C.CC(C)[C@H](C(=O)N(C)C1CCN(C)CC1)N(C)C(C)C.CC(C)[C@H](C(=O)N(C)CCCN(C)C)N(C)C(C)C.CC(C)[C@H](C(=O)NCCC1CCCN1C)N(C)C(C)C.CC(C)[C@H](C(=O)NCCN(C)C)N(C)C(C)C. The minimum Gasteiger partial charge on any atom is -0.355 e. The summed E-state index contributed by atoms with van der Waals surface area (Å²) in [6.45, 7) is 86.7. The van der Waals surface area contributed by atoms with Gasteiger partial charge in [-0.2, -0.15) is 0 Å². The molecule has 4 saturated heterocycles. The fourth-order valence-corrected chi connectivity index (χ4v) is 18.6. The number of carbonyl (C=O) groups excluding carboxylic acids is 8. The number of likely N-dealkylation sites (N-methyl/N-ethyl adjacent to an activating group) is 10. The fourth-order valence-electron chi connectivity index (χ4n) is 18.6. The van der Waals surface area contributed by atoms with E-state index >= 15 is 0 Å². The van der Waals surface area contributed by atoms with Crippen molar-refractivity contribution in [3.05, 3.63) is 35.9 Å². The van der Waals surface area contributed by atoms with Gasteiger partial charge in [0.15, 0.2) is 0 Å². The molecular formula is C118H244N24O8. The van der Waals surface area contributed by atoms with Crippen LogP contribution in [0.25, 0.3) is 0 Å². The number of carbonyl (C=O) groups is 8. The van der Waals surface area contributed by atoms with Gasteiger partial charge >= 0.3 is 0 Å². The van der Waals surface area contributed by atoms with Gasteiger partial charge in [0.05, 0.1) is 48.3 Å². The van der Waals surface area contributed by atoms with Crippen molar-refractivity contribution in [1.82, 2.24) is 121 Å². The number of piperazine rings is 2. The van der Waals surface area contributed by atoms with Crippen LogP contribution >= 0.6 is 0 Å². The van der Waals surface area contributed by atoms with Crippen LogP contribution in [0.3, 0.4) is 0 Å². The molecule has 0 aromatic heterocycles. The molecule has 884 valence electrons. The molecule has 4 heterocycles. The maximum absolute atomic E-state index is 12.9. The van der Waals surface area contributed by atoms with Crippen molar-refractivity contribution in [2.75, 3.05) is 258 Å². The van der Waals surface area contributed by atoms with Crippen molar-refractivity contribution >= 4 is 47.3 Å². The van der Waals surface area contributed by atoms with Crippen LogP contribution in [0.4, 0.5) is 0 Å². The van der Waals surface area contributed by atoms with Crippen molar-refractivity contribution < 1.29 is 38.4 Å². The number of nitrogens with zero attached hydrogens (tertiary/aromatic N) is 17. The molecule has 0 spiro atoms. The minimum absolute atomic E-state index is 0.0142. The van der Waals surface area contributed by atoms with Gasteiger partial charge in [-0.05, 0) is 292 Å². The van der Waals surface area contributed by atoms with Crippen LogP contribution in [-0.4, -0.2) is 497 Å². The Morgan fingerprint density at radius 3 is 1.01 bits per heavy atom. The number of likely N-dealkylation sites (tertiary alicyclic amines) is 2. The molecule has 4 fully saturated rings. The lowest BCUT2D eigenvalue weighted by atomic mass is 9.97. The van der Waals surface area contributed by atoms with Gasteiger partial charge in [-0.3, -0.25) is 62.9 Å². The maximum Gasteiger partial charge on any atom is 0.240 e. The van der Waals surface area contributed by atoms with E-state index in [-0.39, 0.29) is 95.6 Å². The van der Waals surface area contributed by atoms with Gasteiger partial charge in [0.1, 0.15) is 0 Å². The Balaban J connectivity index is -0.00000165. The summed E-state index contributed by atoms with van der Waals surface area (Å²) in [5, 5.41) is 22.6. The average Bonchev–Trinajstić information content (AvgIpc) is 0.909. The van der Waals surface area contributed by atoms with Crippen LogP contribution in [0.2, 0.25) is 0 Å². The summed E-state index contributed by atoms with van der Waals surface area (Å²) < 4.78 is 0. The molecule has 1 aromatic rings. The second-order valence-corrected chi connectivity index (χ2v) is 49.5. The highest BCUT2D eigenvalue weighted by atomic mass is 16.2. The molecule has 4 aliphatic rings. The topological polar surface area (TPSA) is 276 Å². The third-order valence-electron chi connectivity index (χ3n) is 28.8. The molecule has 1 unspecified atom stereocenters. The molecule has 150 heavy (non-hydrogen) atoms. The Hall–Kier alpha value is -5.66. The van der Waals surface area contributed by atoms with Crippen LogP contribution < -0.4 is 37.2 Å². The number of rotatable bonds is 52. The summed E-state index contributed by atoms with van der Waals surface area (Å²) in [5.41, 5.74) is 1.34. The third kappa shape index (κ3) is 63.1.